The van der Waals surface area contributed by atoms with Gasteiger partial charge in [-0.15, -0.1) is 0 Å². The second-order valence-corrected chi connectivity index (χ2v) is 5.46. The lowest BCUT2D eigenvalue weighted by molar-refractivity contribution is 0.518. The molecule has 1 heterocycles. The molecule has 0 spiro atoms. The molecule has 0 aromatic heterocycles. The predicted octanol–water partition coefficient (Wildman–Crippen LogP) is 0.573. The summed E-state index contributed by atoms with van der Waals surface area (Å²) in [7, 11) is -2.85. The van der Waals surface area contributed by atoms with E-state index in [4.69, 9.17) is 0 Å². The molecule has 0 unspecified atom stereocenters. The van der Waals surface area contributed by atoms with Crippen LogP contribution in [0.5, 0.6) is 0 Å². The van der Waals surface area contributed by atoms with Crippen molar-refractivity contribution in [1.29, 1.82) is 0 Å². The van der Waals surface area contributed by atoms with Gasteiger partial charge in [-0.3, -0.25) is 0 Å². The smallest absolute Gasteiger partial charge is 0.212 e. The third kappa shape index (κ3) is 0.999. The maximum absolute atomic E-state index is 11.3. The van der Waals surface area contributed by atoms with Gasteiger partial charge in [0.1, 0.15) is 0 Å². The van der Waals surface area contributed by atoms with Gasteiger partial charge in [0.05, 0.1) is 5.75 Å². The Kier molecular flexibility index (Phi) is 1.51. The fourth-order valence-electron chi connectivity index (χ4n) is 2.05. The van der Waals surface area contributed by atoms with E-state index in [0.29, 0.717) is 12.1 Å². The molecule has 1 saturated heterocycles. The van der Waals surface area contributed by atoms with E-state index in [2.05, 4.69) is 0 Å². The Morgan fingerprint density at radius 2 is 1.91 bits per heavy atom. The monoisotopic (exact) mass is 175 g/mol. The van der Waals surface area contributed by atoms with Crippen LogP contribution in [0.25, 0.3) is 0 Å². The summed E-state index contributed by atoms with van der Waals surface area (Å²) in [5.41, 5.74) is 0. The Morgan fingerprint density at radius 1 is 1.36 bits per heavy atom. The summed E-state index contributed by atoms with van der Waals surface area (Å²) in [6.07, 6.45) is 3.39. The van der Waals surface area contributed by atoms with Gasteiger partial charge < -0.3 is 0 Å². The lowest BCUT2D eigenvalue weighted by Gasteiger charge is -2.05. The minimum absolute atomic E-state index is 0.264. The predicted molar refractivity (Wildman–Crippen MR) is 42.7 cm³/mol. The maximum atomic E-state index is 11.3. The van der Waals surface area contributed by atoms with Crippen molar-refractivity contribution in [3.05, 3.63) is 0 Å². The van der Waals surface area contributed by atoms with Gasteiger partial charge >= 0.3 is 0 Å². The van der Waals surface area contributed by atoms with Crippen LogP contribution in [0.15, 0.2) is 0 Å². The van der Waals surface area contributed by atoms with Crippen molar-refractivity contribution in [3.63, 3.8) is 0 Å². The lowest BCUT2D eigenvalue weighted by Crippen LogP contribution is -2.19. The number of piperidine rings is 1. The molecular formula is C7H13NO2S. The van der Waals surface area contributed by atoms with Crippen LogP contribution in [-0.2, 0) is 10.0 Å². The van der Waals surface area contributed by atoms with E-state index in [0.717, 1.165) is 12.8 Å². The highest BCUT2D eigenvalue weighted by molar-refractivity contribution is 7.89. The molecule has 4 heteroatoms. The van der Waals surface area contributed by atoms with Crippen LogP contribution in [-0.4, -0.2) is 30.6 Å². The Labute approximate surface area is 67.4 Å². The minimum atomic E-state index is -2.85. The second kappa shape index (κ2) is 2.20. The molecule has 0 aromatic rings. The van der Waals surface area contributed by atoms with Gasteiger partial charge in [-0.1, -0.05) is 6.42 Å². The van der Waals surface area contributed by atoms with Crippen LogP contribution >= 0.6 is 0 Å². The van der Waals surface area contributed by atoms with Crippen LogP contribution in [0.1, 0.15) is 26.2 Å². The third-order valence-corrected chi connectivity index (χ3v) is 4.61. The summed E-state index contributed by atoms with van der Waals surface area (Å²) < 4.78 is 24.3. The minimum Gasteiger partial charge on any atom is -0.212 e. The van der Waals surface area contributed by atoms with E-state index < -0.39 is 10.0 Å². The number of fused-ring (bicyclic) bond motifs is 1. The molecule has 11 heavy (non-hydrogen) atoms. The fourth-order valence-corrected chi connectivity index (χ4v) is 3.61. The molecule has 0 bridgehead atoms. The Balaban J connectivity index is 2.11. The summed E-state index contributed by atoms with van der Waals surface area (Å²) in [5.74, 6) is 0.264. The third-order valence-electron chi connectivity index (χ3n) is 2.69. The first kappa shape index (κ1) is 7.55. The molecule has 0 aromatic carbocycles. The van der Waals surface area contributed by atoms with E-state index in [1.807, 2.05) is 0 Å². The molecule has 3 nitrogen and oxygen atoms in total. The van der Waals surface area contributed by atoms with E-state index in [-0.39, 0.29) is 5.75 Å². The van der Waals surface area contributed by atoms with Crippen LogP contribution in [0.4, 0.5) is 0 Å². The molecule has 0 radical (unpaired) electrons. The highest BCUT2D eigenvalue weighted by atomic mass is 32.2. The van der Waals surface area contributed by atoms with Gasteiger partial charge in [-0.25, -0.2) is 8.42 Å². The average Bonchev–Trinajstić information content (AvgIpc) is 2.49. The van der Waals surface area contributed by atoms with E-state index >= 15 is 0 Å². The van der Waals surface area contributed by atoms with Crippen LogP contribution in [0.2, 0.25) is 0 Å². The molecule has 1 saturated carbocycles. The second-order valence-electron chi connectivity index (χ2n) is 3.30. The van der Waals surface area contributed by atoms with E-state index in [1.54, 1.807) is 11.2 Å². The SMILES string of the molecule is CCS(=O)(=O)N1[C@H]2CCC[C@@H]21. The highest BCUT2D eigenvalue weighted by Crippen LogP contribution is 2.44. The summed E-state index contributed by atoms with van der Waals surface area (Å²) in [5, 5.41) is 0. The van der Waals surface area contributed by atoms with E-state index in [9.17, 15) is 8.42 Å². The molecular weight excluding hydrogens is 162 g/mol. The normalized spacial score (nSPS) is 42.1. The van der Waals surface area contributed by atoms with Gasteiger partial charge in [0.2, 0.25) is 10.0 Å². The van der Waals surface area contributed by atoms with Crippen molar-refractivity contribution in [1.82, 2.24) is 4.31 Å². The standard InChI is InChI=1S/C7H13NO2S/c1-2-11(9,10)8-6-4-3-5-7(6)8/h6-7H,2-5H2,1H3/t6-,7-/m0/s1. The van der Waals surface area contributed by atoms with Gasteiger partial charge in [0.15, 0.2) is 0 Å². The zero-order valence-electron chi connectivity index (χ0n) is 6.66. The fraction of sp³-hybridized carbons (Fsp3) is 1.00. The van der Waals surface area contributed by atoms with Crippen LogP contribution in [0, 0.1) is 0 Å². The first-order chi connectivity index (χ1) is 5.17. The summed E-state index contributed by atoms with van der Waals surface area (Å²) in [4.78, 5) is 0. The van der Waals surface area contributed by atoms with Crippen molar-refractivity contribution < 1.29 is 8.42 Å². The van der Waals surface area contributed by atoms with Crippen molar-refractivity contribution >= 4 is 10.0 Å². The molecule has 1 aliphatic heterocycles. The molecule has 0 amide bonds. The first-order valence-corrected chi connectivity index (χ1v) is 5.79. The number of nitrogens with zero attached hydrogens (tertiary/aromatic N) is 1. The molecule has 2 fully saturated rings. The summed E-state index contributed by atoms with van der Waals surface area (Å²) >= 11 is 0. The zero-order valence-corrected chi connectivity index (χ0v) is 7.47. The molecule has 2 rings (SSSR count). The number of hydrogen-bond donors (Lipinski definition) is 0. The van der Waals surface area contributed by atoms with Crippen LogP contribution in [0.3, 0.4) is 0 Å². The number of sulfonamides is 1. The molecule has 2 atom stereocenters. The van der Waals surface area contributed by atoms with Gasteiger partial charge in [-0.05, 0) is 19.8 Å². The Hall–Kier alpha value is -0.0900. The van der Waals surface area contributed by atoms with Crippen molar-refractivity contribution in [2.24, 2.45) is 0 Å². The highest BCUT2D eigenvalue weighted by Gasteiger charge is 2.56. The molecule has 0 N–H and O–H groups in total. The van der Waals surface area contributed by atoms with Crippen molar-refractivity contribution in [2.75, 3.05) is 5.75 Å². The maximum Gasteiger partial charge on any atom is 0.214 e. The first-order valence-electron chi connectivity index (χ1n) is 4.18. The van der Waals surface area contributed by atoms with E-state index in [1.165, 1.54) is 6.42 Å². The Bertz CT molecular complexity index is 250. The van der Waals surface area contributed by atoms with Crippen molar-refractivity contribution in [3.8, 4) is 0 Å². The number of rotatable bonds is 2. The quantitative estimate of drug-likeness (QED) is 0.575. The van der Waals surface area contributed by atoms with Crippen molar-refractivity contribution in [2.45, 2.75) is 38.3 Å². The van der Waals surface area contributed by atoms with Crippen LogP contribution < -0.4 is 0 Å². The van der Waals surface area contributed by atoms with Gasteiger partial charge in [0.25, 0.3) is 0 Å². The number of hydrogen-bond acceptors (Lipinski definition) is 2. The van der Waals surface area contributed by atoms with Gasteiger partial charge in [-0.2, -0.15) is 4.31 Å². The summed E-state index contributed by atoms with van der Waals surface area (Å²) in [6.45, 7) is 1.71. The lowest BCUT2D eigenvalue weighted by atomic mass is 10.3. The summed E-state index contributed by atoms with van der Waals surface area (Å²) in [6, 6.07) is 0.778. The molecule has 64 valence electrons. The zero-order chi connectivity index (χ0) is 8.06. The molecule has 1 aliphatic carbocycles. The topological polar surface area (TPSA) is 37.1 Å². The van der Waals surface area contributed by atoms with Gasteiger partial charge in [0, 0.05) is 12.1 Å². The Morgan fingerprint density at radius 3 is 2.36 bits per heavy atom. The largest absolute Gasteiger partial charge is 0.214 e. The molecule has 2 aliphatic rings. The average molecular weight is 175 g/mol.